The maximum atomic E-state index is 16.0. The van der Waals surface area contributed by atoms with Gasteiger partial charge in [-0.15, -0.1) is 0 Å². The van der Waals surface area contributed by atoms with Crippen LogP contribution in [0.1, 0.15) is 119 Å². The Labute approximate surface area is 544 Å². The molecule has 1 saturated heterocycles. The highest BCUT2D eigenvalue weighted by molar-refractivity contribution is 6.08. The maximum Gasteiger partial charge on any atom is 0.350 e. The van der Waals surface area contributed by atoms with Gasteiger partial charge in [0.2, 0.25) is 17.9 Å². The number of rotatable bonds is 23. The molecule has 8 rings (SSSR count). The van der Waals surface area contributed by atoms with Gasteiger partial charge in [0.25, 0.3) is 17.7 Å². The van der Waals surface area contributed by atoms with Crippen LogP contribution < -0.4 is 21.7 Å². The number of esters is 5. The summed E-state index contributed by atoms with van der Waals surface area (Å²) in [6, 6.07) is 27.2. The van der Waals surface area contributed by atoms with Gasteiger partial charge in [0.1, 0.15) is 48.6 Å². The Bertz CT molecular complexity index is 3600. The zero-order chi connectivity index (χ0) is 68.8. The molecule has 2 unspecified atom stereocenters. The van der Waals surface area contributed by atoms with E-state index in [4.69, 9.17) is 34.2 Å². The zero-order valence-electron chi connectivity index (χ0n) is 53.9. The van der Waals surface area contributed by atoms with Crippen molar-refractivity contribution in [3.05, 3.63) is 167 Å². The molecule has 4 aromatic rings. The lowest BCUT2D eigenvalue weighted by Gasteiger charge is -2.67. The number of ketones is 1. The zero-order valence-corrected chi connectivity index (χ0v) is 53.9. The van der Waals surface area contributed by atoms with Crippen molar-refractivity contribution in [3.63, 3.8) is 0 Å². The summed E-state index contributed by atoms with van der Waals surface area (Å²) in [4.78, 5) is 160. The average Bonchev–Trinajstić information content (AvgIpc) is 0.670. The first-order valence-corrected chi connectivity index (χ1v) is 31.0. The lowest BCUT2D eigenvalue weighted by atomic mass is 9.44. The summed E-state index contributed by atoms with van der Waals surface area (Å²) in [5.74, 6) is -13.4. The lowest BCUT2D eigenvalue weighted by molar-refractivity contribution is -0.346. The fraction of sp³-hybridized carbons (Fsp3) is 0.443. The molecule has 1 aliphatic heterocycles. The first-order chi connectivity index (χ1) is 44.4. The van der Waals surface area contributed by atoms with E-state index >= 15 is 19.2 Å². The molecule has 24 heteroatoms. The third-order valence-corrected chi connectivity index (χ3v) is 18.3. The molecule has 13 atom stereocenters. The number of benzene rings is 4. The molecule has 94 heavy (non-hydrogen) atoms. The number of nitrogens with two attached hydrogens (primary N) is 1. The maximum absolute atomic E-state index is 16.0. The molecule has 0 spiro atoms. The Morgan fingerprint density at radius 2 is 1.35 bits per heavy atom. The first kappa shape index (κ1) is 70.6. The number of ether oxygens (including phenoxy) is 6. The summed E-state index contributed by atoms with van der Waals surface area (Å²) in [6.07, 6.45) is -12.2. The van der Waals surface area contributed by atoms with Crippen molar-refractivity contribution in [1.29, 1.82) is 0 Å². The number of carbonyl (C=O) groups excluding carboxylic acids is 11. The van der Waals surface area contributed by atoms with Gasteiger partial charge in [-0.2, -0.15) is 0 Å². The van der Waals surface area contributed by atoms with E-state index in [1.807, 2.05) is 0 Å². The number of nitrogens with zero attached hydrogens (tertiary/aromatic N) is 1. The van der Waals surface area contributed by atoms with Gasteiger partial charge in [-0.05, 0) is 79.6 Å². The van der Waals surface area contributed by atoms with Crippen molar-refractivity contribution in [2.45, 2.75) is 154 Å². The van der Waals surface area contributed by atoms with E-state index in [-0.39, 0.29) is 58.6 Å². The standard InChI is InChI=1S/C70H81N5O19/c1-38(2)31-48(73-62(83)47(72-52(79)35-71)32-43-23-15-11-16-24-43)64(85)75(63(84)39(3)4)36-53(80)92-57(55(44-25-17-12-18-26-44)74-61(82)45-27-19-13-20-28-45)66(87)91-49-34-70(88)60(93-65(86)46-29-21-14-22-30-46)58-68(10,50(78)33-51-69(58,37-89-51)94-42(7)77)59(81)56(90-41(6)76)54(40(49)5)67(70,8)9/h11-30,38,47-51,55-58,60,78,88H,3,31-37,71H2,1-2,4-10H3,(H,72,79)(H,73,83)(H,74,82)/t47-,48-,49-,50-,51+,55-,56+,57+,58?,60-,68-,69?,70+/m0/s1. The van der Waals surface area contributed by atoms with Crippen molar-refractivity contribution in [2.24, 2.45) is 28.4 Å². The number of fused-ring (bicyclic) bond motifs is 5. The molecule has 4 aliphatic rings. The Kier molecular flexibility index (Phi) is 21.8. The first-order valence-electron chi connectivity index (χ1n) is 31.0. The van der Waals surface area contributed by atoms with Gasteiger partial charge in [-0.3, -0.25) is 48.1 Å². The number of imide groups is 1. The number of nitrogens with one attached hydrogen (secondary N) is 3. The minimum Gasteiger partial charge on any atom is -0.455 e. The van der Waals surface area contributed by atoms with E-state index in [9.17, 15) is 43.8 Å². The van der Waals surface area contributed by atoms with Crippen molar-refractivity contribution in [1.82, 2.24) is 20.9 Å². The van der Waals surface area contributed by atoms with Gasteiger partial charge in [-0.25, -0.2) is 9.59 Å². The second-order valence-corrected chi connectivity index (χ2v) is 25.5. The van der Waals surface area contributed by atoms with Crippen LogP contribution in [0.5, 0.6) is 0 Å². The fourth-order valence-corrected chi connectivity index (χ4v) is 13.5. The van der Waals surface area contributed by atoms with Gasteiger partial charge in [0.05, 0.1) is 36.2 Å². The number of aliphatic hydroxyl groups excluding tert-OH is 1. The SMILES string of the molecule is C=C(C)C(=O)N(CC(=O)O[C@@H](C(=O)O[C@H]1C[C@@]2(O)[C@@H](OC(=O)c3ccccc3)C3C4(OC(C)=O)CO[C@@H]4C[C@H](O)[C@]3(C)C(=O)[C@H](OC(C)=O)C(=C1C)C2(C)C)[C@@H](NC(=O)c1ccccc1)c1ccccc1)C(=O)[C@H](CC(C)C)NC(=O)[C@H](Cc1ccccc1)NC(=O)CN. The Morgan fingerprint density at radius 1 is 0.766 bits per heavy atom. The Morgan fingerprint density at radius 3 is 1.89 bits per heavy atom. The minimum atomic E-state index is -2.62. The van der Waals surface area contributed by atoms with Gasteiger partial charge in [0, 0.05) is 49.7 Å². The number of Topliss-reactive ketones (excluding diaryl/α,β-unsaturated/α-hetero) is 1. The number of hydrogen-bond acceptors (Lipinski definition) is 20. The summed E-state index contributed by atoms with van der Waals surface area (Å²) in [5.41, 5.74) is -2.58. The smallest absolute Gasteiger partial charge is 0.350 e. The van der Waals surface area contributed by atoms with Crippen LogP contribution in [0, 0.1) is 22.7 Å². The van der Waals surface area contributed by atoms with Crippen LogP contribution in [0.4, 0.5) is 0 Å². The van der Waals surface area contributed by atoms with Crippen LogP contribution in [0.3, 0.4) is 0 Å². The van der Waals surface area contributed by atoms with E-state index in [1.165, 1.54) is 71.0 Å². The van der Waals surface area contributed by atoms with Crippen LogP contribution in [0.2, 0.25) is 0 Å². The van der Waals surface area contributed by atoms with Crippen LogP contribution in [-0.4, -0.2) is 160 Å². The predicted molar refractivity (Wildman–Crippen MR) is 336 cm³/mol. The summed E-state index contributed by atoms with van der Waals surface area (Å²) in [5, 5.41) is 34.6. The third-order valence-electron chi connectivity index (χ3n) is 18.3. The Balaban J connectivity index is 1.25. The van der Waals surface area contributed by atoms with Crippen LogP contribution >= 0.6 is 0 Å². The number of carbonyl (C=O) groups is 11. The highest BCUT2D eigenvalue weighted by atomic mass is 16.6. The molecule has 4 aromatic carbocycles. The second kappa shape index (κ2) is 29.0. The van der Waals surface area contributed by atoms with E-state index in [0.717, 1.165) is 13.8 Å². The van der Waals surface area contributed by atoms with Crippen LogP contribution in [0.25, 0.3) is 0 Å². The topological polar surface area (TPSA) is 349 Å². The number of aliphatic hydroxyl groups is 2. The van der Waals surface area contributed by atoms with Gasteiger partial charge < -0.3 is 60.3 Å². The molecule has 0 aromatic heterocycles. The van der Waals surface area contributed by atoms with E-state index in [0.29, 0.717) is 10.5 Å². The normalized spacial score (nSPS) is 25.4. The molecule has 5 amide bonds. The summed E-state index contributed by atoms with van der Waals surface area (Å²) in [6.45, 7) is 14.2. The van der Waals surface area contributed by atoms with E-state index < -0.39 is 174 Å². The molecule has 2 saturated carbocycles. The van der Waals surface area contributed by atoms with Crippen molar-refractivity contribution < 1.29 is 91.4 Å². The van der Waals surface area contributed by atoms with Crippen molar-refractivity contribution >= 4 is 65.2 Å². The predicted octanol–water partition coefficient (Wildman–Crippen LogP) is 4.44. The molecule has 24 nitrogen and oxygen atoms in total. The van der Waals surface area contributed by atoms with Crippen LogP contribution in [-0.2, 0) is 78.0 Å². The summed E-state index contributed by atoms with van der Waals surface area (Å²) < 4.78 is 37.2. The molecule has 2 bridgehead atoms. The molecule has 7 N–H and O–H groups in total. The van der Waals surface area contributed by atoms with Gasteiger partial charge >= 0.3 is 29.8 Å². The van der Waals surface area contributed by atoms with Crippen molar-refractivity contribution in [2.75, 3.05) is 19.7 Å². The molecular weight excluding hydrogens is 1210 g/mol. The molecule has 1 heterocycles. The minimum absolute atomic E-state index is 0.00649. The molecule has 3 fully saturated rings. The third kappa shape index (κ3) is 14.4. The Hall–Kier alpha value is -9.23. The largest absolute Gasteiger partial charge is 0.455 e. The average molecular weight is 1300 g/mol. The van der Waals surface area contributed by atoms with Gasteiger partial charge in [-0.1, -0.05) is 131 Å². The second-order valence-electron chi connectivity index (χ2n) is 25.5. The van der Waals surface area contributed by atoms with E-state index in [2.05, 4.69) is 22.5 Å². The summed E-state index contributed by atoms with van der Waals surface area (Å²) in [7, 11) is 0. The van der Waals surface area contributed by atoms with Crippen LogP contribution in [0.15, 0.2) is 145 Å². The van der Waals surface area contributed by atoms with Gasteiger partial charge in [0.15, 0.2) is 17.5 Å². The monoisotopic (exact) mass is 1300 g/mol. The highest BCUT2D eigenvalue weighted by Crippen LogP contribution is 2.64. The molecule has 500 valence electrons. The highest BCUT2D eigenvalue weighted by Gasteiger charge is 2.78. The van der Waals surface area contributed by atoms with E-state index in [1.54, 1.807) is 98.8 Å². The quantitative estimate of drug-likeness (QED) is 0.0259. The van der Waals surface area contributed by atoms with Crippen molar-refractivity contribution in [3.8, 4) is 0 Å². The number of amides is 5. The molecule has 0 radical (unpaired) electrons. The lowest BCUT2D eigenvalue weighted by Crippen LogP contribution is -2.82. The molecular formula is C70H81N5O19. The molecule has 3 aliphatic carbocycles. The fourth-order valence-electron chi connectivity index (χ4n) is 13.5. The number of hydrogen-bond donors (Lipinski definition) is 6. The summed E-state index contributed by atoms with van der Waals surface area (Å²) >= 11 is 0.